The summed E-state index contributed by atoms with van der Waals surface area (Å²) in [6, 6.07) is 16.3. The summed E-state index contributed by atoms with van der Waals surface area (Å²) in [6.07, 6.45) is -3.34. The molecule has 0 saturated heterocycles. The van der Waals surface area contributed by atoms with Crippen molar-refractivity contribution in [1.29, 1.82) is 0 Å². The van der Waals surface area contributed by atoms with Crippen LogP contribution in [0.25, 0.3) is 22.4 Å². The summed E-state index contributed by atoms with van der Waals surface area (Å²) < 4.78 is 60.3. The van der Waals surface area contributed by atoms with Crippen molar-refractivity contribution < 1.29 is 42.4 Å². The smallest absolute Gasteiger partial charge is 0.421 e. The summed E-state index contributed by atoms with van der Waals surface area (Å²) >= 11 is 7.10. The number of ether oxygens (including phenoxy) is 3. The molecule has 6 rings (SSSR count). The van der Waals surface area contributed by atoms with Gasteiger partial charge >= 0.3 is 12.1 Å². The molecule has 1 saturated carbocycles. The van der Waals surface area contributed by atoms with Crippen LogP contribution in [0.3, 0.4) is 0 Å². The molecule has 0 aliphatic heterocycles. The van der Waals surface area contributed by atoms with Crippen LogP contribution in [0, 0.1) is 0 Å². The fourth-order valence-electron chi connectivity index (χ4n) is 7.16. The molecule has 2 heterocycles. The second-order valence-corrected chi connectivity index (χ2v) is 14.3. The van der Waals surface area contributed by atoms with Crippen LogP contribution in [-0.2, 0) is 30.5 Å². The first-order valence-electron chi connectivity index (χ1n) is 17.3. The molecule has 282 valence electrons. The zero-order chi connectivity index (χ0) is 38.1. The number of carbonyl (C=O) groups is 1. The van der Waals surface area contributed by atoms with Crippen LogP contribution in [0.1, 0.15) is 66.5 Å². The van der Waals surface area contributed by atoms with Crippen LogP contribution in [0.15, 0.2) is 54.6 Å². The number of pyridine rings is 2. The zero-order valence-corrected chi connectivity index (χ0v) is 30.6. The van der Waals surface area contributed by atoms with Gasteiger partial charge < -0.3 is 34.6 Å². The maximum absolute atomic E-state index is 14.4. The van der Waals surface area contributed by atoms with Crippen molar-refractivity contribution in [2.75, 3.05) is 27.8 Å². The number of fused-ring (bicyclic) bond motifs is 1. The van der Waals surface area contributed by atoms with E-state index in [-0.39, 0.29) is 37.0 Å². The number of hydrogen-bond acceptors (Lipinski definition) is 9. The Kier molecular flexibility index (Phi) is 11.2. The number of alkyl halides is 3. The molecule has 0 unspecified atom stereocenters. The number of nitrogens with zero attached hydrogens (tertiary/aromatic N) is 3. The minimum Gasteiger partial charge on any atom is -0.481 e. The lowest BCUT2D eigenvalue weighted by molar-refractivity contribution is -0.140. The molecule has 0 radical (unpaired) electrons. The van der Waals surface area contributed by atoms with Gasteiger partial charge in [0, 0.05) is 47.9 Å². The van der Waals surface area contributed by atoms with E-state index in [0.717, 1.165) is 33.9 Å². The van der Waals surface area contributed by atoms with Crippen molar-refractivity contribution in [3.8, 4) is 40.0 Å². The van der Waals surface area contributed by atoms with E-state index in [9.17, 15) is 23.1 Å². The molecule has 53 heavy (non-hydrogen) atoms. The number of aliphatic hydroxyl groups is 1. The quantitative estimate of drug-likeness (QED) is 0.119. The summed E-state index contributed by atoms with van der Waals surface area (Å²) in [6.45, 7) is 2.49. The molecule has 4 aromatic rings. The minimum atomic E-state index is -4.77. The molecule has 2 aromatic carbocycles. The first-order chi connectivity index (χ1) is 25.2. The summed E-state index contributed by atoms with van der Waals surface area (Å²) in [4.78, 5) is 21.5. The molecule has 2 aliphatic rings. The van der Waals surface area contributed by atoms with Crippen LogP contribution < -0.4 is 19.5 Å². The Morgan fingerprint density at radius 3 is 2.36 bits per heavy atom. The van der Waals surface area contributed by atoms with E-state index in [1.165, 1.54) is 7.11 Å². The third kappa shape index (κ3) is 8.54. The molecule has 2 aliphatic carbocycles. The molecular weight excluding hydrogens is 713 g/mol. The van der Waals surface area contributed by atoms with E-state index in [1.54, 1.807) is 19.1 Å². The van der Waals surface area contributed by atoms with Crippen molar-refractivity contribution in [3.05, 3.63) is 87.4 Å². The molecule has 14 heteroatoms. The molecule has 0 bridgehead atoms. The first-order valence-corrected chi connectivity index (χ1v) is 17.7. The van der Waals surface area contributed by atoms with E-state index in [4.69, 9.17) is 35.9 Å². The van der Waals surface area contributed by atoms with Gasteiger partial charge in [0.05, 0.1) is 37.0 Å². The number of aliphatic carboxylic acids is 1. The Bertz CT molecular complexity index is 1980. The number of carboxylic acids is 1. The van der Waals surface area contributed by atoms with Crippen LogP contribution in [0.2, 0.25) is 5.02 Å². The zero-order valence-electron chi connectivity index (χ0n) is 29.9. The second kappa shape index (κ2) is 15.5. The number of hydrogen-bond donors (Lipinski definition) is 3. The highest BCUT2D eigenvalue weighted by molar-refractivity contribution is 6.36. The van der Waals surface area contributed by atoms with Gasteiger partial charge in [0.2, 0.25) is 17.6 Å². The second-order valence-electron chi connectivity index (χ2n) is 13.9. The van der Waals surface area contributed by atoms with Crippen molar-refractivity contribution >= 4 is 17.6 Å². The molecule has 10 nitrogen and oxygen atoms in total. The SMILES string of the molecule is COc1nc(-c2cccc(-c3cccc4c3CC[C@@H]4Oc3nc(OC)c(CN(C)CCC(=O)O)cc3C(F)(F)F)c2Cl)ccc1CN[C@H]1C[C@](C)(O)C1. The summed E-state index contributed by atoms with van der Waals surface area (Å²) in [5.74, 6) is -1.17. The predicted octanol–water partition coefficient (Wildman–Crippen LogP) is 7.48. The highest BCUT2D eigenvalue weighted by Gasteiger charge is 2.39. The van der Waals surface area contributed by atoms with Crippen LogP contribution >= 0.6 is 11.6 Å². The highest BCUT2D eigenvalue weighted by atomic mass is 35.5. The monoisotopic (exact) mass is 754 g/mol. The fraction of sp³-hybridized carbons (Fsp3) is 0.410. The van der Waals surface area contributed by atoms with Crippen molar-refractivity contribution in [2.24, 2.45) is 0 Å². The fourth-order valence-corrected chi connectivity index (χ4v) is 7.48. The third-order valence-corrected chi connectivity index (χ3v) is 10.2. The van der Waals surface area contributed by atoms with E-state index < -0.39 is 35.3 Å². The van der Waals surface area contributed by atoms with Crippen molar-refractivity contribution in [2.45, 2.75) is 76.0 Å². The largest absolute Gasteiger partial charge is 0.481 e. The van der Waals surface area contributed by atoms with E-state index in [1.807, 2.05) is 55.5 Å². The van der Waals surface area contributed by atoms with Gasteiger partial charge in [-0.15, -0.1) is 0 Å². The summed E-state index contributed by atoms with van der Waals surface area (Å²) in [5, 5.41) is 23.0. The Hall–Kier alpha value is -4.43. The molecular formula is C39H42ClF3N4O6. The Labute approximate surface area is 310 Å². The maximum Gasteiger partial charge on any atom is 0.421 e. The molecule has 1 atom stereocenters. The number of halogens is 4. The van der Waals surface area contributed by atoms with Crippen LogP contribution in [-0.4, -0.2) is 70.5 Å². The van der Waals surface area contributed by atoms with Gasteiger partial charge in [-0.2, -0.15) is 18.2 Å². The summed E-state index contributed by atoms with van der Waals surface area (Å²) in [5.41, 5.74) is 3.92. The molecule has 0 spiro atoms. The standard InChI is InChI=1S/C39H42ClF3N4O6/c1-38(50)18-24(19-38)44-20-22-11-13-31(45-35(22)51-3)29-10-6-9-28(34(29)40)25-7-5-8-27-26(25)12-14-32(27)53-37-30(39(41,42)43)17-23(36(46-37)52-4)21-47(2)16-15-33(48)49/h5-11,13,17,24,32,44,50H,12,14-16,18-21H2,1-4H3,(H,48,49)/t24-,32-,38-/m0/s1. The topological polar surface area (TPSA) is 126 Å². The van der Waals surface area contributed by atoms with Crippen LogP contribution in [0.4, 0.5) is 13.2 Å². The van der Waals surface area contributed by atoms with Gasteiger partial charge in [0.1, 0.15) is 11.7 Å². The highest BCUT2D eigenvalue weighted by Crippen LogP contribution is 2.46. The van der Waals surface area contributed by atoms with Crippen molar-refractivity contribution in [1.82, 2.24) is 20.2 Å². The number of benzene rings is 2. The van der Waals surface area contributed by atoms with Crippen molar-refractivity contribution in [3.63, 3.8) is 0 Å². The van der Waals surface area contributed by atoms with E-state index in [2.05, 4.69) is 10.3 Å². The van der Waals surface area contributed by atoms with E-state index >= 15 is 0 Å². The normalized spacial score (nSPS) is 19.5. The predicted molar refractivity (Wildman–Crippen MR) is 193 cm³/mol. The Balaban J connectivity index is 1.26. The average Bonchev–Trinajstić information content (AvgIpc) is 3.51. The number of aromatic nitrogens is 2. The van der Waals surface area contributed by atoms with Gasteiger partial charge in [0.15, 0.2) is 0 Å². The first kappa shape index (κ1) is 38.3. The molecule has 2 aromatic heterocycles. The number of methoxy groups -OCH3 is 2. The molecule has 3 N–H and O–H groups in total. The van der Waals surface area contributed by atoms with Gasteiger partial charge in [-0.05, 0) is 68.5 Å². The maximum atomic E-state index is 14.4. The van der Waals surface area contributed by atoms with Gasteiger partial charge in [-0.1, -0.05) is 54.1 Å². The number of nitrogens with one attached hydrogen (secondary N) is 1. The Morgan fingerprint density at radius 2 is 1.68 bits per heavy atom. The lowest BCUT2D eigenvalue weighted by Crippen LogP contribution is -2.51. The molecule has 1 fully saturated rings. The van der Waals surface area contributed by atoms with E-state index in [0.29, 0.717) is 54.4 Å². The lowest BCUT2D eigenvalue weighted by Gasteiger charge is -2.41. The molecule has 0 amide bonds. The van der Waals surface area contributed by atoms with Gasteiger partial charge in [-0.3, -0.25) is 4.79 Å². The minimum absolute atomic E-state index is 0.00265. The van der Waals surface area contributed by atoms with Gasteiger partial charge in [0.25, 0.3) is 0 Å². The number of carboxylic acid groups (broad SMARTS) is 1. The van der Waals surface area contributed by atoms with Crippen LogP contribution in [0.5, 0.6) is 17.6 Å². The Morgan fingerprint density at radius 1 is 1.00 bits per heavy atom. The average molecular weight is 755 g/mol. The summed E-state index contributed by atoms with van der Waals surface area (Å²) in [7, 11) is 4.49. The van der Waals surface area contributed by atoms with Gasteiger partial charge in [-0.25, -0.2) is 4.98 Å². The number of rotatable bonds is 14. The lowest BCUT2D eigenvalue weighted by atomic mass is 9.77. The third-order valence-electron chi connectivity index (χ3n) is 9.79.